The summed E-state index contributed by atoms with van der Waals surface area (Å²) in [6.07, 6.45) is 2.86. The lowest BCUT2D eigenvalue weighted by molar-refractivity contribution is 0.0524. The van der Waals surface area contributed by atoms with Gasteiger partial charge in [0, 0.05) is 29.3 Å². The Bertz CT molecular complexity index is 881. The van der Waals surface area contributed by atoms with Crippen molar-refractivity contribution in [1.82, 2.24) is 4.40 Å². The molecule has 1 N–H and O–H groups in total. The second-order valence-electron chi connectivity index (χ2n) is 5.17. The van der Waals surface area contributed by atoms with Crippen molar-refractivity contribution < 1.29 is 14.6 Å². The lowest BCUT2D eigenvalue weighted by Gasteiger charge is -2.07. The fraction of sp³-hybridized carbons (Fsp3) is 0.294. The molecular weight excluding hydrogens is 282 g/mol. The second kappa shape index (κ2) is 5.77. The molecule has 3 rings (SSSR count). The Labute approximate surface area is 127 Å². The van der Waals surface area contributed by atoms with Crippen LogP contribution in [0.3, 0.4) is 0 Å². The zero-order valence-corrected chi connectivity index (χ0v) is 12.3. The van der Waals surface area contributed by atoms with Crippen LogP contribution >= 0.6 is 0 Å². The van der Waals surface area contributed by atoms with Crippen molar-refractivity contribution in [2.24, 2.45) is 0 Å². The zero-order chi connectivity index (χ0) is 15.7. The Balaban J connectivity index is 2.29. The monoisotopic (exact) mass is 299 g/mol. The van der Waals surface area contributed by atoms with E-state index in [1.807, 2.05) is 22.6 Å². The van der Waals surface area contributed by atoms with Crippen molar-refractivity contribution in [2.75, 3.05) is 13.2 Å². The SMILES string of the molecule is CCOC(=O)c1cn2c(CCCO)cc3cccc(c1=O)c32. The number of benzene rings is 1. The smallest absolute Gasteiger partial charge is 0.343 e. The number of rotatable bonds is 5. The summed E-state index contributed by atoms with van der Waals surface area (Å²) in [7, 11) is 0. The Kier molecular flexibility index (Phi) is 3.81. The van der Waals surface area contributed by atoms with Crippen LogP contribution in [0.4, 0.5) is 0 Å². The van der Waals surface area contributed by atoms with Gasteiger partial charge in [-0.15, -0.1) is 0 Å². The molecule has 0 saturated heterocycles. The van der Waals surface area contributed by atoms with Gasteiger partial charge in [0.15, 0.2) is 0 Å². The number of nitrogens with zero attached hydrogens (tertiary/aromatic N) is 1. The summed E-state index contributed by atoms with van der Waals surface area (Å²) < 4.78 is 6.85. The number of carbonyl (C=O) groups excluding carboxylic acids is 1. The molecule has 0 unspecified atom stereocenters. The number of hydrogen-bond acceptors (Lipinski definition) is 4. The molecule has 0 amide bonds. The molecule has 0 aliphatic rings. The van der Waals surface area contributed by atoms with Crippen LogP contribution < -0.4 is 5.43 Å². The van der Waals surface area contributed by atoms with Gasteiger partial charge in [0.2, 0.25) is 5.43 Å². The quantitative estimate of drug-likeness (QED) is 0.732. The van der Waals surface area contributed by atoms with Crippen LogP contribution in [0.25, 0.3) is 16.3 Å². The molecule has 0 spiro atoms. The van der Waals surface area contributed by atoms with Gasteiger partial charge in [-0.25, -0.2) is 4.79 Å². The maximum absolute atomic E-state index is 12.5. The Morgan fingerprint density at radius 3 is 2.91 bits per heavy atom. The average Bonchev–Trinajstić information content (AvgIpc) is 2.87. The van der Waals surface area contributed by atoms with E-state index in [1.165, 1.54) is 0 Å². The summed E-state index contributed by atoms with van der Waals surface area (Å²) >= 11 is 0. The summed E-state index contributed by atoms with van der Waals surface area (Å²) in [4.78, 5) is 24.5. The predicted molar refractivity (Wildman–Crippen MR) is 83.7 cm³/mol. The third-order valence-electron chi connectivity index (χ3n) is 3.77. The number of aliphatic hydroxyl groups excluding tert-OH is 1. The molecule has 0 radical (unpaired) electrons. The topological polar surface area (TPSA) is 68.0 Å². The average molecular weight is 299 g/mol. The molecule has 2 heterocycles. The molecule has 0 atom stereocenters. The molecule has 0 fully saturated rings. The molecule has 0 bridgehead atoms. The highest BCUT2D eigenvalue weighted by Gasteiger charge is 2.18. The first-order valence-electron chi connectivity index (χ1n) is 7.34. The van der Waals surface area contributed by atoms with E-state index in [4.69, 9.17) is 9.84 Å². The fourth-order valence-corrected chi connectivity index (χ4v) is 2.81. The minimum absolute atomic E-state index is 0.0447. The van der Waals surface area contributed by atoms with Crippen LogP contribution in [0, 0.1) is 0 Å². The first-order valence-corrected chi connectivity index (χ1v) is 7.34. The van der Waals surface area contributed by atoms with Crippen LogP contribution in [0.2, 0.25) is 0 Å². The summed E-state index contributed by atoms with van der Waals surface area (Å²) in [6.45, 7) is 2.03. The molecule has 0 saturated carbocycles. The number of aliphatic hydroxyl groups is 1. The van der Waals surface area contributed by atoms with E-state index in [0.717, 1.165) is 16.6 Å². The highest BCUT2D eigenvalue weighted by molar-refractivity contribution is 6.00. The van der Waals surface area contributed by atoms with Gasteiger partial charge < -0.3 is 14.2 Å². The number of pyridine rings is 1. The number of esters is 1. The summed E-state index contributed by atoms with van der Waals surface area (Å²) in [5, 5.41) is 10.5. The van der Waals surface area contributed by atoms with Crippen molar-refractivity contribution in [3.63, 3.8) is 0 Å². The molecule has 0 aliphatic carbocycles. The summed E-state index contributed by atoms with van der Waals surface area (Å²) in [5.41, 5.74) is 1.52. The van der Waals surface area contributed by atoms with Crippen LogP contribution in [0.15, 0.2) is 35.3 Å². The standard InChI is InChI=1S/C17H17NO4/c1-2-22-17(21)14-10-18-12(6-4-8-19)9-11-5-3-7-13(15(11)18)16(14)20/h3,5,7,9-10,19H,2,4,6,8H2,1H3. The second-order valence-corrected chi connectivity index (χ2v) is 5.17. The minimum atomic E-state index is -0.600. The summed E-state index contributed by atoms with van der Waals surface area (Å²) in [6, 6.07) is 7.47. The third-order valence-corrected chi connectivity index (χ3v) is 3.77. The number of aryl methyl sites for hydroxylation is 1. The van der Waals surface area contributed by atoms with Crippen LogP contribution in [-0.4, -0.2) is 28.7 Å². The fourth-order valence-electron chi connectivity index (χ4n) is 2.81. The van der Waals surface area contributed by atoms with Gasteiger partial charge in [-0.3, -0.25) is 4.79 Å². The molecule has 2 aromatic heterocycles. The van der Waals surface area contributed by atoms with E-state index < -0.39 is 5.97 Å². The Hall–Kier alpha value is -2.40. The number of aromatic nitrogens is 1. The first kappa shape index (κ1) is 14.5. The molecule has 22 heavy (non-hydrogen) atoms. The van der Waals surface area contributed by atoms with Gasteiger partial charge in [0.25, 0.3) is 0 Å². The van der Waals surface area contributed by atoms with Gasteiger partial charge >= 0.3 is 5.97 Å². The maximum Gasteiger partial charge on any atom is 0.343 e. The van der Waals surface area contributed by atoms with Crippen LogP contribution in [0.1, 0.15) is 29.4 Å². The van der Waals surface area contributed by atoms with E-state index in [2.05, 4.69) is 0 Å². The summed E-state index contributed by atoms with van der Waals surface area (Å²) in [5.74, 6) is -0.600. The Morgan fingerprint density at radius 2 is 2.18 bits per heavy atom. The van der Waals surface area contributed by atoms with Crippen molar-refractivity contribution in [2.45, 2.75) is 19.8 Å². The minimum Gasteiger partial charge on any atom is -0.462 e. The van der Waals surface area contributed by atoms with Crippen molar-refractivity contribution in [3.05, 3.63) is 51.9 Å². The lowest BCUT2D eigenvalue weighted by Crippen LogP contribution is -2.19. The molecule has 5 heteroatoms. The normalized spacial score (nSPS) is 11.4. The lowest BCUT2D eigenvalue weighted by atomic mass is 10.1. The van der Waals surface area contributed by atoms with Gasteiger partial charge in [-0.2, -0.15) is 0 Å². The zero-order valence-electron chi connectivity index (χ0n) is 12.3. The van der Waals surface area contributed by atoms with Gasteiger partial charge in [0.05, 0.1) is 12.1 Å². The molecule has 114 valence electrons. The maximum atomic E-state index is 12.5. The van der Waals surface area contributed by atoms with Gasteiger partial charge in [-0.1, -0.05) is 12.1 Å². The Morgan fingerprint density at radius 1 is 1.36 bits per heavy atom. The first-order chi connectivity index (χ1) is 10.7. The van der Waals surface area contributed by atoms with Crippen LogP contribution in [0.5, 0.6) is 0 Å². The van der Waals surface area contributed by atoms with E-state index in [9.17, 15) is 9.59 Å². The van der Waals surface area contributed by atoms with Crippen molar-refractivity contribution in [3.8, 4) is 0 Å². The van der Waals surface area contributed by atoms with Gasteiger partial charge in [0.1, 0.15) is 5.56 Å². The predicted octanol–water partition coefficient (Wildman–Crippen LogP) is 1.99. The number of hydrogen-bond donors (Lipinski definition) is 1. The number of para-hydroxylation sites is 1. The van der Waals surface area contributed by atoms with Gasteiger partial charge in [-0.05, 0) is 31.9 Å². The largest absolute Gasteiger partial charge is 0.462 e. The van der Waals surface area contributed by atoms with E-state index in [1.54, 1.807) is 19.2 Å². The number of ether oxygens (including phenoxy) is 1. The highest BCUT2D eigenvalue weighted by atomic mass is 16.5. The molecule has 1 aromatic carbocycles. The highest BCUT2D eigenvalue weighted by Crippen LogP contribution is 2.24. The molecule has 3 aromatic rings. The van der Waals surface area contributed by atoms with E-state index >= 15 is 0 Å². The molecule has 0 aliphatic heterocycles. The third kappa shape index (κ3) is 2.23. The van der Waals surface area contributed by atoms with Crippen molar-refractivity contribution in [1.29, 1.82) is 0 Å². The number of carbonyl (C=O) groups is 1. The molecule has 5 nitrogen and oxygen atoms in total. The van der Waals surface area contributed by atoms with Crippen molar-refractivity contribution >= 4 is 22.3 Å². The van der Waals surface area contributed by atoms with E-state index in [0.29, 0.717) is 18.2 Å². The molecular formula is C17H17NO4. The van der Waals surface area contributed by atoms with E-state index in [-0.39, 0.29) is 24.2 Å². The van der Waals surface area contributed by atoms with Crippen LogP contribution in [-0.2, 0) is 11.2 Å².